The number of nitrogens with zero attached hydrogens (tertiary/aromatic N) is 2. The summed E-state index contributed by atoms with van der Waals surface area (Å²) >= 11 is 8.31. The molecule has 0 amide bonds. The van der Waals surface area contributed by atoms with Crippen LogP contribution in [0.2, 0.25) is 0 Å². The topological polar surface area (TPSA) is 41.6 Å². The summed E-state index contributed by atoms with van der Waals surface area (Å²) < 4.78 is 1.59. The van der Waals surface area contributed by atoms with Gasteiger partial charge in [-0.1, -0.05) is 12.2 Å². The first-order chi connectivity index (χ1) is 6.75. The first-order valence-corrected chi connectivity index (χ1v) is 5.13. The van der Waals surface area contributed by atoms with Gasteiger partial charge in [-0.2, -0.15) is 0 Å². The zero-order valence-corrected chi connectivity index (χ0v) is 9.47. The van der Waals surface area contributed by atoms with Crippen LogP contribution in [0.4, 0.5) is 0 Å². The first-order valence-electron chi connectivity index (χ1n) is 3.93. The van der Waals surface area contributed by atoms with Gasteiger partial charge in [0.15, 0.2) is 5.82 Å². The van der Waals surface area contributed by atoms with E-state index in [2.05, 4.69) is 30.9 Å². The molecule has 0 fully saturated rings. The molecular weight excluding hydrogens is 262 g/mol. The van der Waals surface area contributed by atoms with Crippen molar-refractivity contribution in [3.8, 4) is 11.5 Å². The van der Waals surface area contributed by atoms with Gasteiger partial charge in [-0.25, -0.2) is 4.98 Å². The van der Waals surface area contributed by atoms with Crippen molar-refractivity contribution in [3.63, 3.8) is 0 Å². The Labute approximate surface area is 94.4 Å². The van der Waals surface area contributed by atoms with Crippen LogP contribution in [0.3, 0.4) is 0 Å². The fraction of sp³-hybridized carbons (Fsp3) is 0. The van der Waals surface area contributed by atoms with Gasteiger partial charge < -0.3 is 4.98 Å². The summed E-state index contributed by atoms with van der Waals surface area (Å²) in [6.07, 6.45) is 3.39. The van der Waals surface area contributed by atoms with Crippen LogP contribution in [0.5, 0.6) is 0 Å². The normalized spacial score (nSPS) is 10.1. The molecule has 2 rings (SSSR count). The van der Waals surface area contributed by atoms with Crippen LogP contribution in [0.1, 0.15) is 0 Å². The molecule has 0 aromatic carbocycles. The molecule has 70 valence electrons. The fourth-order valence-electron chi connectivity index (χ4n) is 1.02. The smallest absolute Gasteiger partial charge is 0.156 e. The second-order valence-electron chi connectivity index (χ2n) is 2.64. The maximum atomic E-state index is 4.99. The third-order valence-electron chi connectivity index (χ3n) is 1.64. The summed E-state index contributed by atoms with van der Waals surface area (Å²) in [6.45, 7) is 0. The van der Waals surface area contributed by atoms with Gasteiger partial charge in [0, 0.05) is 16.9 Å². The molecule has 0 aliphatic rings. The molecule has 0 spiro atoms. The lowest BCUT2D eigenvalue weighted by Gasteiger charge is -1.98. The highest BCUT2D eigenvalue weighted by Crippen LogP contribution is 2.14. The highest BCUT2D eigenvalue weighted by Gasteiger charge is 1.99. The first kappa shape index (κ1) is 9.48. The maximum absolute atomic E-state index is 4.99. The van der Waals surface area contributed by atoms with Crippen molar-refractivity contribution in [1.82, 2.24) is 15.0 Å². The van der Waals surface area contributed by atoms with Crippen molar-refractivity contribution in [2.45, 2.75) is 0 Å². The van der Waals surface area contributed by atoms with E-state index in [4.69, 9.17) is 12.2 Å². The minimum Gasteiger partial charge on any atom is -0.329 e. The van der Waals surface area contributed by atoms with E-state index < -0.39 is 0 Å². The van der Waals surface area contributed by atoms with E-state index in [9.17, 15) is 0 Å². The Morgan fingerprint density at radius 3 is 2.71 bits per heavy atom. The fourth-order valence-corrected chi connectivity index (χ4v) is 1.41. The summed E-state index contributed by atoms with van der Waals surface area (Å²) in [5, 5.41) is 0. The van der Waals surface area contributed by atoms with Crippen LogP contribution in [-0.4, -0.2) is 15.0 Å². The molecule has 2 aromatic rings. The minimum absolute atomic E-state index is 0.653. The second kappa shape index (κ2) is 3.98. The summed E-state index contributed by atoms with van der Waals surface area (Å²) in [7, 11) is 0. The summed E-state index contributed by atoms with van der Waals surface area (Å²) in [6, 6.07) is 5.52. The van der Waals surface area contributed by atoms with E-state index in [0.29, 0.717) is 10.5 Å². The standard InChI is InChI=1S/C9H6BrN3S/c10-6-1-2-7(12-5-6)9-11-4-3-8(14)13-9/h1-5H,(H,11,13,14). The Kier molecular flexibility index (Phi) is 2.69. The molecule has 0 saturated carbocycles. The van der Waals surface area contributed by atoms with E-state index in [1.807, 2.05) is 12.1 Å². The lowest BCUT2D eigenvalue weighted by molar-refractivity contribution is 1.12. The van der Waals surface area contributed by atoms with Crippen molar-refractivity contribution < 1.29 is 0 Å². The zero-order valence-electron chi connectivity index (χ0n) is 7.07. The quantitative estimate of drug-likeness (QED) is 0.808. The van der Waals surface area contributed by atoms with Crippen LogP contribution >= 0.6 is 28.1 Å². The van der Waals surface area contributed by atoms with Crippen molar-refractivity contribution >= 4 is 28.1 Å². The molecule has 0 saturated heterocycles. The molecule has 1 N–H and O–H groups in total. The summed E-state index contributed by atoms with van der Waals surface area (Å²) in [5.74, 6) is 0.685. The van der Waals surface area contributed by atoms with Gasteiger partial charge in [-0.3, -0.25) is 4.98 Å². The Morgan fingerprint density at radius 1 is 1.21 bits per heavy atom. The number of aromatic nitrogens is 3. The molecule has 0 aliphatic heterocycles. The van der Waals surface area contributed by atoms with E-state index >= 15 is 0 Å². The predicted octanol–water partition coefficient (Wildman–Crippen LogP) is 2.96. The van der Waals surface area contributed by atoms with Gasteiger partial charge in [0.2, 0.25) is 0 Å². The molecule has 0 unspecified atom stereocenters. The zero-order chi connectivity index (χ0) is 9.97. The number of H-pyrrole nitrogens is 1. The number of pyridine rings is 1. The van der Waals surface area contributed by atoms with Gasteiger partial charge in [0.25, 0.3) is 0 Å². The van der Waals surface area contributed by atoms with Crippen LogP contribution < -0.4 is 0 Å². The maximum Gasteiger partial charge on any atom is 0.156 e. The van der Waals surface area contributed by atoms with Gasteiger partial charge in [0.1, 0.15) is 10.3 Å². The number of rotatable bonds is 1. The molecule has 0 aliphatic carbocycles. The van der Waals surface area contributed by atoms with E-state index in [1.165, 1.54) is 0 Å². The number of hydrogen-bond donors (Lipinski definition) is 1. The average molecular weight is 268 g/mol. The number of nitrogens with one attached hydrogen (secondary N) is 1. The molecule has 2 heterocycles. The largest absolute Gasteiger partial charge is 0.329 e. The van der Waals surface area contributed by atoms with Gasteiger partial charge in [0.05, 0.1) is 0 Å². The van der Waals surface area contributed by atoms with E-state index in [-0.39, 0.29) is 0 Å². The third-order valence-corrected chi connectivity index (χ3v) is 2.35. The summed E-state index contributed by atoms with van der Waals surface area (Å²) in [5.41, 5.74) is 0.778. The molecule has 5 heteroatoms. The van der Waals surface area contributed by atoms with Gasteiger partial charge in [-0.05, 0) is 34.1 Å². The number of hydrogen-bond acceptors (Lipinski definition) is 3. The van der Waals surface area contributed by atoms with Crippen LogP contribution in [0.15, 0.2) is 35.1 Å². The third kappa shape index (κ3) is 2.05. The van der Waals surface area contributed by atoms with Crippen LogP contribution in [-0.2, 0) is 0 Å². The Hall–Kier alpha value is -1.07. The number of aromatic amines is 1. The highest BCUT2D eigenvalue weighted by atomic mass is 79.9. The van der Waals surface area contributed by atoms with E-state index in [0.717, 1.165) is 10.2 Å². The van der Waals surface area contributed by atoms with Crippen molar-refractivity contribution in [2.24, 2.45) is 0 Å². The molecule has 0 bridgehead atoms. The SMILES string of the molecule is S=c1ccnc(-c2ccc(Br)cn2)[nH]1. The highest BCUT2D eigenvalue weighted by molar-refractivity contribution is 9.10. The van der Waals surface area contributed by atoms with Crippen molar-refractivity contribution in [2.75, 3.05) is 0 Å². The predicted molar refractivity (Wildman–Crippen MR) is 60.4 cm³/mol. The lowest BCUT2D eigenvalue weighted by atomic mass is 10.3. The lowest BCUT2D eigenvalue weighted by Crippen LogP contribution is -1.90. The molecule has 3 nitrogen and oxygen atoms in total. The Balaban J connectivity index is 2.50. The number of halogens is 1. The van der Waals surface area contributed by atoms with Crippen molar-refractivity contribution in [3.05, 3.63) is 39.7 Å². The van der Waals surface area contributed by atoms with E-state index in [1.54, 1.807) is 18.5 Å². The second-order valence-corrected chi connectivity index (χ2v) is 4.00. The van der Waals surface area contributed by atoms with Gasteiger partial charge in [-0.15, -0.1) is 0 Å². The van der Waals surface area contributed by atoms with Crippen LogP contribution in [0, 0.1) is 4.64 Å². The van der Waals surface area contributed by atoms with Gasteiger partial charge >= 0.3 is 0 Å². The molecule has 14 heavy (non-hydrogen) atoms. The summed E-state index contributed by atoms with van der Waals surface area (Å²) in [4.78, 5) is 11.3. The van der Waals surface area contributed by atoms with Crippen LogP contribution in [0.25, 0.3) is 11.5 Å². The molecular formula is C9H6BrN3S. The minimum atomic E-state index is 0.653. The Morgan fingerprint density at radius 2 is 2.07 bits per heavy atom. The Bertz CT molecular complexity index is 492. The van der Waals surface area contributed by atoms with Crippen molar-refractivity contribution in [1.29, 1.82) is 0 Å². The molecule has 2 aromatic heterocycles. The molecule has 0 atom stereocenters. The molecule has 0 radical (unpaired) electrons. The monoisotopic (exact) mass is 267 g/mol. The average Bonchev–Trinajstić information content (AvgIpc) is 2.19.